The fraction of sp³-hybridized carbons (Fsp3) is 0.333. The third-order valence-electron chi connectivity index (χ3n) is 1.57. The molecule has 0 atom stereocenters. The first-order valence-electron chi connectivity index (χ1n) is 2.75. The summed E-state index contributed by atoms with van der Waals surface area (Å²) in [6.07, 6.45) is 6.09. The van der Waals surface area contributed by atoms with E-state index in [1.54, 1.807) is 0 Å². The number of rotatable bonds is 0. The Morgan fingerprint density at radius 2 is 1.50 bits per heavy atom. The van der Waals surface area contributed by atoms with E-state index in [1.807, 2.05) is 12.4 Å². The summed E-state index contributed by atoms with van der Waals surface area (Å²) in [5, 5.41) is 7.49. The minimum absolute atomic E-state index is 1.20. The molecule has 1 aliphatic carbocycles. The third kappa shape index (κ3) is 0.372. The first-order valence-corrected chi connectivity index (χ1v) is 2.75. The molecule has 0 unspecified atom stereocenters. The van der Waals surface area contributed by atoms with Gasteiger partial charge in [-0.2, -0.15) is 10.2 Å². The lowest BCUT2D eigenvalue weighted by molar-refractivity contribution is 0.793. The van der Waals surface area contributed by atoms with Crippen LogP contribution in [0, 0.1) is 0 Å². The number of aryl methyl sites for hydroxylation is 2. The summed E-state index contributed by atoms with van der Waals surface area (Å²) in [7, 11) is 0. The molecule has 0 radical (unpaired) electrons. The van der Waals surface area contributed by atoms with Gasteiger partial charge in [0.05, 0.1) is 12.4 Å². The van der Waals surface area contributed by atoms with Crippen LogP contribution in [0.3, 0.4) is 0 Å². The summed E-state index contributed by atoms with van der Waals surface area (Å²) < 4.78 is 0. The molecule has 1 aromatic rings. The van der Waals surface area contributed by atoms with Crippen molar-refractivity contribution in [3.05, 3.63) is 23.5 Å². The van der Waals surface area contributed by atoms with Crippen LogP contribution in [0.25, 0.3) is 0 Å². The molecule has 0 bridgehead atoms. The maximum atomic E-state index is 3.75. The van der Waals surface area contributed by atoms with Crippen molar-refractivity contribution in [2.75, 3.05) is 0 Å². The molecule has 0 N–H and O–H groups in total. The number of hydrogen-bond acceptors (Lipinski definition) is 2. The van der Waals surface area contributed by atoms with Crippen LogP contribution in [-0.2, 0) is 12.8 Å². The topological polar surface area (TPSA) is 25.8 Å². The Morgan fingerprint density at radius 3 is 1.75 bits per heavy atom. The predicted octanol–water partition coefficient (Wildman–Crippen LogP) is 0.575. The highest BCUT2D eigenvalue weighted by Crippen LogP contribution is 2.18. The lowest BCUT2D eigenvalue weighted by Gasteiger charge is -2.14. The monoisotopic (exact) mass is 106 g/mol. The van der Waals surface area contributed by atoms with E-state index in [-0.39, 0.29) is 0 Å². The van der Waals surface area contributed by atoms with E-state index in [0.29, 0.717) is 0 Å². The van der Waals surface area contributed by atoms with Crippen LogP contribution in [-0.4, -0.2) is 10.2 Å². The summed E-state index contributed by atoms with van der Waals surface area (Å²) in [6.45, 7) is 0. The van der Waals surface area contributed by atoms with Gasteiger partial charge in [0, 0.05) is 0 Å². The van der Waals surface area contributed by atoms with Gasteiger partial charge in [-0.05, 0) is 24.0 Å². The minimum Gasteiger partial charge on any atom is -0.159 e. The van der Waals surface area contributed by atoms with E-state index < -0.39 is 0 Å². The quantitative estimate of drug-likeness (QED) is 0.483. The Hall–Kier alpha value is -0.920. The maximum absolute atomic E-state index is 3.75. The molecular weight excluding hydrogens is 100 g/mol. The van der Waals surface area contributed by atoms with E-state index in [2.05, 4.69) is 10.2 Å². The lowest BCUT2D eigenvalue weighted by Crippen LogP contribution is -2.08. The van der Waals surface area contributed by atoms with Gasteiger partial charge in [0.1, 0.15) is 0 Å². The molecule has 1 heterocycles. The Balaban J connectivity index is 2.62. The normalized spacial score (nSPS) is 14.5. The average Bonchev–Trinajstić information content (AvgIpc) is 1.72. The number of nitrogens with zero attached hydrogens (tertiary/aromatic N) is 2. The largest absolute Gasteiger partial charge is 0.159 e. The second kappa shape index (κ2) is 1.28. The Bertz CT molecular complexity index is 184. The second-order valence-corrected chi connectivity index (χ2v) is 2.04. The van der Waals surface area contributed by atoms with Crippen molar-refractivity contribution < 1.29 is 0 Å². The van der Waals surface area contributed by atoms with Crippen LogP contribution >= 0.6 is 0 Å². The zero-order chi connectivity index (χ0) is 5.40. The van der Waals surface area contributed by atoms with E-state index in [4.69, 9.17) is 0 Å². The molecule has 0 spiro atoms. The minimum atomic E-state index is 1.20. The van der Waals surface area contributed by atoms with Crippen LogP contribution in [0.2, 0.25) is 0 Å². The summed E-state index contributed by atoms with van der Waals surface area (Å²) in [5.41, 5.74) is 2.75. The van der Waals surface area contributed by atoms with Crippen LogP contribution < -0.4 is 0 Å². The lowest BCUT2D eigenvalue weighted by atomic mass is 9.92. The first-order chi connectivity index (χ1) is 3.97. The molecule has 0 saturated heterocycles. The van der Waals surface area contributed by atoms with Gasteiger partial charge in [-0.1, -0.05) is 0 Å². The predicted molar refractivity (Wildman–Crippen MR) is 29.4 cm³/mol. The molecule has 0 saturated carbocycles. The van der Waals surface area contributed by atoms with Gasteiger partial charge in [0.15, 0.2) is 0 Å². The molecular formula is C6H6N2. The van der Waals surface area contributed by atoms with Gasteiger partial charge < -0.3 is 0 Å². The zero-order valence-corrected chi connectivity index (χ0v) is 4.46. The van der Waals surface area contributed by atoms with Crippen molar-refractivity contribution in [3.8, 4) is 0 Å². The van der Waals surface area contributed by atoms with E-state index in [9.17, 15) is 0 Å². The van der Waals surface area contributed by atoms with Crippen molar-refractivity contribution in [2.24, 2.45) is 0 Å². The molecule has 40 valence electrons. The van der Waals surface area contributed by atoms with Crippen LogP contribution in [0.15, 0.2) is 12.4 Å². The van der Waals surface area contributed by atoms with Crippen molar-refractivity contribution in [1.29, 1.82) is 0 Å². The molecule has 8 heavy (non-hydrogen) atoms. The first kappa shape index (κ1) is 4.01. The molecule has 0 aromatic carbocycles. The summed E-state index contributed by atoms with van der Waals surface area (Å²) >= 11 is 0. The van der Waals surface area contributed by atoms with Gasteiger partial charge in [-0.3, -0.25) is 0 Å². The van der Waals surface area contributed by atoms with Gasteiger partial charge >= 0.3 is 0 Å². The van der Waals surface area contributed by atoms with Gasteiger partial charge in [0.25, 0.3) is 0 Å². The van der Waals surface area contributed by atoms with Gasteiger partial charge in [0.2, 0.25) is 0 Å². The van der Waals surface area contributed by atoms with Crippen molar-refractivity contribution in [3.63, 3.8) is 0 Å². The van der Waals surface area contributed by atoms with Crippen LogP contribution in [0.4, 0.5) is 0 Å². The Morgan fingerprint density at radius 1 is 1.00 bits per heavy atom. The molecule has 2 nitrogen and oxygen atoms in total. The average molecular weight is 106 g/mol. The molecule has 0 amide bonds. The highest BCUT2D eigenvalue weighted by Gasteiger charge is 2.11. The zero-order valence-electron chi connectivity index (χ0n) is 4.46. The SMILES string of the molecule is c1nncc2c1CC2. The van der Waals surface area contributed by atoms with Crippen molar-refractivity contribution in [2.45, 2.75) is 12.8 Å². The standard InChI is InChI=1S/C6H6N2/c1-2-6-4-8-7-3-5(1)6/h3-4H,1-2H2. The fourth-order valence-corrected chi connectivity index (χ4v) is 0.915. The van der Waals surface area contributed by atoms with E-state index in [1.165, 1.54) is 24.0 Å². The van der Waals surface area contributed by atoms with Crippen LogP contribution in [0.5, 0.6) is 0 Å². The van der Waals surface area contributed by atoms with Crippen LogP contribution in [0.1, 0.15) is 11.1 Å². The second-order valence-electron chi connectivity index (χ2n) is 2.04. The molecule has 2 rings (SSSR count). The Kier molecular flexibility index (Phi) is 0.640. The van der Waals surface area contributed by atoms with E-state index in [0.717, 1.165) is 0 Å². The molecule has 0 aliphatic heterocycles. The maximum Gasteiger partial charge on any atom is 0.0531 e. The molecule has 1 aliphatic rings. The van der Waals surface area contributed by atoms with E-state index >= 15 is 0 Å². The van der Waals surface area contributed by atoms with Crippen molar-refractivity contribution in [1.82, 2.24) is 10.2 Å². The van der Waals surface area contributed by atoms with Gasteiger partial charge in [-0.25, -0.2) is 0 Å². The third-order valence-corrected chi connectivity index (χ3v) is 1.57. The fourth-order valence-electron chi connectivity index (χ4n) is 0.915. The number of hydrogen-bond donors (Lipinski definition) is 0. The number of aromatic nitrogens is 2. The summed E-state index contributed by atoms with van der Waals surface area (Å²) in [4.78, 5) is 0. The molecule has 2 heteroatoms. The highest BCUT2D eigenvalue weighted by molar-refractivity contribution is 5.29. The highest BCUT2D eigenvalue weighted by atomic mass is 15.1. The summed E-state index contributed by atoms with van der Waals surface area (Å²) in [5.74, 6) is 0. The molecule has 0 fully saturated rings. The summed E-state index contributed by atoms with van der Waals surface area (Å²) in [6, 6.07) is 0. The van der Waals surface area contributed by atoms with Crippen molar-refractivity contribution >= 4 is 0 Å². The Labute approximate surface area is 47.6 Å². The smallest absolute Gasteiger partial charge is 0.0531 e. The van der Waals surface area contributed by atoms with Gasteiger partial charge in [-0.15, -0.1) is 0 Å². The molecule has 1 aromatic heterocycles. The number of fused-ring (bicyclic) bond motifs is 1.